The second-order valence-electron chi connectivity index (χ2n) is 5.77. The minimum atomic E-state index is 0.105. The lowest BCUT2D eigenvalue weighted by molar-refractivity contribution is 0.363. The third-order valence-corrected chi connectivity index (χ3v) is 4.57. The van der Waals surface area contributed by atoms with Crippen LogP contribution in [0.5, 0.6) is 11.5 Å². The third kappa shape index (κ3) is 3.55. The predicted octanol–water partition coefficient (Wildman–Crippen LogP) is 3.33. The van der Waals surface area contributed by atoms with E-state index >= 15 is 0 Å². The summed E-state index contributed by atoms with van der Waals surface area (Å²) in [5, 5.41) is 4.26. The van der Waals surface area contributed by atoms with Crippen LogP contribution in [0.25, 0.3) is 0 Å². The lowest BCUT2D eigenvalue weighted by Gasteiger charge is -2.34. The third-order valence-electron chi connectivity index (χ3n) is 4.27. The van der Waals surface area contributed by atoms with Gasteiger partial charge in [0, 0.05) is 24.7 Å². The van der Waals surface area contributed by atoms with E-state index in [-0.39, 0.29) is 5.54 Å². The smallest absolute Gasteiger partial charge is 0.145 e. The molecule has 1 aromatic carbocycles. The van der Waals surface area contributed by atoms with Crippen LogP contribution >= 0.6 is 11.6 Å². The van der Waals surface area contributed by atoms with E-state index in [0.29, 0.717) is 10.8 Å². The standard InChI is InChI=1S/C16H25ClN2O2/c1-5-16(2)11-19(8-6-7-18-16)13-9-12(17)14(20-3)10-15(13)21-4/h9-10,18H,5-8,11H2,1-4H3. The van der Waals surface area contributed by atoms with Crippen molar-refractivity contribution in [3.05, 3.63) is 17.2 Å². The van der Waals surface area contributed by atoms with Crippen LogP contribution in [-0.4, -0.2) is 39.4 Å². The average Bonchev–Trinajstić information content (AvgIpc) is 2.69. The van der Waals surface area contributed by atoms with Gasteiger partial charge in [-0.15, -0.1) is 0 Å². The zero-order valence-electron chi connectivity index (χ0n) is 13.3. The zero-order valence-corrected chi connectivity index (χ0v) is 14.1. The van der Waals surface area contributed by atoms with Crippen LogP contribution < -0.4 is 19.7 Å². The molecule has 1 unspecified atom stereocenters. The lowest BCUT2D eigenvalue weighted by atomic mass is 9.98. The highest BCUT2D eigenvalue weighted by Gasteiger charge is 2.29. The Kier molecular flexibility index (Phi) is 5.22. The first-order chi connectivity index (χ1) is 10.0. The van der Waals surface area contributed by atoms with Gasteiger partial charge in [-0.2, -0.15) is 0 Å². The summed E-state index contributed by atoms with van der Waals surface area (Å²) in [6, 6.07) is 3.81. The molecule has 1 heterocycles. The average molecular weight is 313 g/mol. The fourth-order valence-corrected chi connectivity index (χ4v) is 2.99. The monoisotopic (exact) mass is 312 g/mol. The largest absolute Gasteiger partial charge is 0.495 e. The van der Waals surface area contributed by atoms with Crippen molar-refractivity contribution in [2.24, 2.45) is 0 Å². The van der Waals surface area contributed by atoms with Gasteiger partial charge in [0.1, 0.15) is 11.5 Å². The molecule has 0 bridgehead atoms. The summed E-state index contributed by atoms with van der Waals surface area (Å²) in [6.45, 7) is 7.44. The van der Waals surface area contributed by atoms with E-state index in [1.54, 1.807) is 14.2 Å². The Morgan fingerprint density at radius 2 is 2.00 bits per heavy atom. The molecular weight excluding hydrogens is 288 g/mol. The number of hydrogen-bond acceptors (Lipinski definition) is 4. The number of ether oxygens (including phenoxy) is 2. The fourth-order valence-electron chi connectivity index (χ4n) is 2.75. The molecule has 0 saturated carbocycles. The van der Waals surface area contributed by atoms with Gasteiger partial charge < -0.3 is 19.7 Å². The van der Waals surface area contributed by atoms with E-state index < -0.39 is 0 Å². The first-order valence-corrected chi connectivity index (χ1v) is 7.82. The molecule has 0 aromatic heterocycles. The predicted molar refractivity (Wildman–Crippen MR) is 88.1 cm³/mol. The molecule has 118 valence electrons. The van der Waals surface area contributed by atoms with E-state index in [2.05, 4.69) is 24.1 Å². The molecule has 21 heavy (non-hydrogen) atoms. The van der Waals surface area contributed by atoms with Crippen LogP contribution in [0.2, 0.25) is 5.02 Å². The first-order valence-electron chi connectivity index (χ1n) is 7.44. The van der Waals surface area contributed by atoms with Crippen molar-refractivity contribution in [1.29, 1.82) is 0 Å². The van der Waals surface area contributed by atoms with Crippen molar-refractivity contribution in [1.82, 2.24) is 5.32 Å². The second-order valence-corrected chi connectivity index (χ2v) is 6.18. The van der Waals surface area contributed by atoms with E-state index in [4.69, 9.17) is 21.1 Å². The molecule has 1 saturated heterocycles. The molecule has 0 aliphatic carbocycles. The van der Waals surface area contributed by atoms with Gasteiger partial charge in [-0.1, -0.05) is 18.5 Å². The topological polar surface area (TPSA) is 33.7 Å². The van der Waals surface area contributed by atoms with Crippen LogP contribution in [0, 0.1) is 0 Å². The Labute approximate surface area is 132 Å². The van der Waals surface area contributed by atoms with Gasteiger partial charge >= 0.3 is 0 Å². The highest BCUT2D eigenvalue weighted by Crippen LogP contribution is 2.39. The summed E-state index contributed by atoms with van der Waals surface area (Å²) in [7, 11) is 3.30. The van der Waals surface area contributed by atoms with Crippen molar-refractivity contribution in [2.45, 2.75) is 32.2 Å². The second kappa shape index (κ2) is 6.75. The number of halogens is 1. The molecular formula is C16H25ClN2O2. The molecule has 1 atom stereocenters. The molecule has 4 nitrogen and oxygen atoms in total. The van der Waals surface area contributed by atoms with Gasteiger partial charge in [0.05, 0.1) is 24.9 Å². The molecule has 1 N–H and O–H groups in total. The molecule has 0 amide bonds. The number of methoxy groups -OCH3 is 2. The van der Waals surface area contributed by atoms with Crippen LogP contribution in [0.15, 0.2) is 12.1 Å². The number of rotatable bonds is 4. The van der Waals surface area contributed by atoms with Crippen molar-refractivity contribution in [3.8, 4) is 11.5 Å². The molecule has 1 aliphatic rings. The van der Waals surface area contributed by atoms with Gasteiger partial charge in [0.15, 0.2) is 0 Å². The highest BCUT2D eigenvalue weighted by molar-refractivity contribution is 6.32. The maximum Gasteiger partial charge on any atom is 0.145 e. The molecule has 5 heteroatoms. The maximum atomic E-state index is 6.30. The molecule has 0 radical (unpaired) electrons. The summed E-state index contributed by atoms with van der Waals surface area (Å²) < 4.78 is 10.8. The Morgan fingerprint density at radius 3 is 2.62 bits per heavy atom. The molecule has 1 aromatic rings. The van der Waals surface area contributed by atoms with Crippen LogP contribution in [0.1, 0.15) is 26.7 Å². The number of anilines is 1. The zero-order chi connectivity index (χ0) is 15.5. The van der Waals surface area contributed by atoms with E-state index in [0.717, 1.165) is 43.9 Å². The molecule has 1 aliphatic heterocycles. The van der Waals surface area contributed by atoms with Gasteiger partial charge in [-0.05, 0) is 32.4 Å². The summed E-state index contributed by atoms with van der Waals surface area (Å²) in [5.41, 5.74) is 1.14. The number of nitrogens with one attached hydrogen (secondary N) is 1. The van der Waals surface area contributed by atoms with Crippen LogP contribution in [-0.2, 0) is 0 Å². The molecule has 1 fully saturated rings. The number of nitrogens with zero attached hydrogens (tertiary/aromatic N) is 1. The fraction of sp³-hybridized carbons (Fsp3) is 0.625. The van der Waals surface area contributed by atoms with Crippen LogP contribution in [0.3, 0.4) is 0 Å². The molecule has 0 spiro atoms. The van der Waals surface area contributed by atoms with Gasteiger partial charge in [-0.3, -0.25) is 0 Å². The Morgan fingerprint density at radius 1 is 1.29 bits per heavy atom. The van der Waals surface area contributed by atoms with E-state index in [1.165, 1.54) is 0 Å². The first kappa shape index (κ1) is 16.2. The lowest BCUT2D eigenvalue weighted by Crippen LogP contribution is -2.48. The van der Waals surface area contributed by atoms with Crippen molar-refractivity contribution >= 4 is 17.3 Å². The van der Waals surface area contributed by atoms with Gasteiger partial charge in [-0.25, -0.2) is 0 Å². The SMILES string of the molecule is CCC1(C)CN(c2cc(Cl)c(OC)cc2OC)CCCN1. The van der Waals surface area contributed by atoms with Gasteiger partial charge in [0.2, 0.25) is 0 Å². The summed E-state index contributed by atoms with van der Waals surface area (Å²) >= 11 is 6.30. The quantitative estimate of drug-likeness (QED) is 0.924. The Balaban J connectivity index is 2.37. The highest BCUT2D eigenvalue weighted by atomic mass is 35.5. The summed E-state index contributed by atoms with van der Waals surface area (Å²) in [4.78, 5) is 2.35. The Bertz CT molecular complexity index is 495. The van der Waals surface area contributed by atoms with Crippen molar-refractivity contribution in [3.63, 3.8) is 0 Å². The number of benzene rings is 1. The van der Waals surface area contributed by atoms with E-state index in [9.17, 15) is 0 Å². The minimum Gasteiger partial charge on any atom is -0.495 e. The maximum absolute atomic E-state index is 6.30. The minimum absolute atomic E-state index is 0.105. The Hall–Kier alpha value is -1.13. The van der Waals surface area contributed by atoms with Gasteiger partial charge in [0.25, 0.3) is 0 Å². The number of hydrogen-bond donors (Lipinski definition) is 1. The van der Waals surface area contributed by atoms with Crippen molar-refractivity contribution < 1.29 is 9.47 Å². The summed E-state index contributed by atoms with van der Waals surface area (Å²) in [5.74, 6) is 1.44. The summed E-state index contributed by atoms with van der Waals surface area (Å²) in [6.07, 6.45) is 2.18. The van der Waals surface area contributed by atoms with Crippen LogP contribution in [0.4, 0.5) is 5.69 Å². The van der Waals surface area contributed by atoms with Crippen molar-refractivity contribution in [2.75, 3.05) is 38.8 Å². The normalized spacial score (nSPS) is 22.8. The molecule has 2 rings (SSSR count). The van der Waals surface area contributed by atoms with E-state index in [1.807, 2.05) is 12.1 Å².